The third-order valence-corrected chi connectivity index (χ3v) is 4.77. The zero-order valence-electron chi connectivity index (χ0n) is 17.4. The molecule has 3 aromatic rings. The molecule has 7 nitrogen and oxygen atoms in total. The van der Waals surface area contributed by atoms with Crippen LogP contribution in [0.2, 0.25) is 0 Å². The van der Waals surface area contributed by atoms with E-state index in [1.54, 1.807) is 30.5 Å². The van der Waals surface area contributed by atoms with E-state index >= 15 is 0 Å². The maximum atomic E-state index is 12.0. The van der Waals surface area contributed by atoms with E-state index in [2.05, 4.69) is 10.5 Å². The lowest BCUT2D eigenvalue weighted by Gasteiger charge is -2.06. The van der Waals surface area contributed by atoms with Gasteiger partial charge in [0.1, 0.15) is 12.4 Å². The molecule has 0 radical (unpaired) electrons. The lowest BCUT2D eigenvalue weighted by Crippen LogP contribution is -2.19. The number of benzene rings is 3. The third-order valence-electron chi connectivity index (χ3n) is 4.77. The fraction of sp³-hybridized carbons (Fsp3) is 0.167. The van der Waals surface area contributed by atoms with Gasteiger partial charge in [-0.25, -0.2) is 5.43 Å². The van der Waals surface area contributed by atoms with Crippen LogP contribution in [0.15, 0.2) is 71.8 Å². The average Bonchev–Trinajstić information content (AvgIpc) is 2.76. The zero-order chi connectivity index (χ0) is 22.2. The summed E-state index contributed by atoms with van der Waals surface area (Å²) in [6, 6.07) is 19.4. The SMILES string of the molecule is Cc1ccc(CC(=O)N/N=C\c2ccc(OCc3ccc([N+](=O)[O-])cc3)cc2)cc1C. The van der Waals surface area contributed by atoms with Crippen LogP contribution in [0.5, 0.6) is 5.75 Å². The summed E-state index contributed by atoms with van der Waals surface area (Å²) in [4.78, 5) is 22.3. The van der Waals surface area contributed by atoms with Gasteiger partial charge in [0.2, 0.25) is 5.91 Å². The Morgan fingerprint density at radius 1 is 1.00 bits per heavy atom. The Kier molecular flexibility index (Phi) is 7.11. The Balaban J connectivity index is 1.47. The van der Waals surface area contributed by atoms with E-state index in [9.17, 15) is 14.9 Å². The molecule has 0 saturated carbocycles. The van der Waals surface area contributed by atoms with Crippen molar-refractivity contribution >= 4 is 17.8 Å². The van der Waals surface area contributed by atoms with Crippen molar-refractivity contribution in [3.05, 3.63) is 105 Å². The lowest BCUT2D eigenvalue weighted by atomic mass is 10.0. The molecule has 0 aliphatic rings. The van der Waals surface area contributed by atoms with Crippen LogP contribution in [0.4, 0.5) is 5.69 Å². The van der Waals surface area contributed by atoms with Gasteiger partial charge in [-0.1, -0.05) is 18.2 Å². The van der Waals surface area contributed by atoms with Crippen molar-refractivity contribution in [2.24, 2.45) is 5.10 Å². The highest BCUT2D eigenvalue weighted by Gasteiger charge is 2.05. The Bertz CT molecular complexity index is 1090. The number of hydrogen-bond donors (Lipinski definition) is 1. The zero-order valence-corrected chi connectivity index (χ0v) is 17.4. The number of nitrogens with zero attached hydrogens (tertiary/aromatic N) is 2. The van der Waals surface area contributed by atoms with Crippen molar-refractivity contribution < 1.29 is 14.5 Å². The summed E-state index contributed by atoms with van der Waals surface area (Å²) in [7, 11) is 0. The van der Waals surface area contributed by atoms with Gasteiger partial charge in [0.15, 0.2) is 0 Å². The maximum Gasteiger partial charge on any atom is 0.269 e. The predicted octanol–water partition coefficient (Wildman–Crippen LogP) is 4.48. The highest BCUT2D eigenvalue weighted by molar-refractivity contribution is 5.83. The van der Waals surface area contributed by atoms with E-state index in [1.165, 1.54) is 17.7 Å². The van der Waals surface area contributed by atoms with Crippen molar-refractivity contribution in [2.75, 3.05) is 0 Å². The van der Waals surface area contributed by atoms with E-state index in [4.69, 9.17) is 4.74 Å². The van der Waals surface area contributed by atoms with Crippen molar-refractivity contribution in [2.45, 2.75) is 26.9 Å². The van der Waals surface area contributed by atoms with Gasteiger partial charge < -0.3 is 4.74 Å². The molecule has 1 amide bonds. The van der Waals surface area contributed by atoms with Crippen LogP contribution in [0.1, 0.15) is 27.8 Å². The third kappa shape index (κ3) is 6.50. The topological polar surface area (TPSA) is 93.8 Å². The first-order valence-corrected chi connectivity index (χ1v) is 9.75. The minimum Gasteiger partial charge on any atom is -0.489 e. The molecule has 0 heterocycles. The summed E-state index contributed by atoms with van der Waals surface area (Å²) in [6.07, 6.45) is 1.84. The quantitative estimate of drug-likeness (QED) is 0.332. The molecule has 158 valence electrons. The molecule has 0 spiro atoms. The number of non-ortho nitro benzene ring substituents is 1. The Labute approximate surface area is 180 Å². The van der Waals surface area contributed by atoms with Gasteiger partial charge >= 0.3 is 0 Å². The Morgan fingerprint density at radius 3 is 2.32 bits per heavy atom. The number of carbonyl (C=O) groups excluding carboxylic acids is 1. The molecular formula is C24H23N3O4. The van der Waals surface area contributed by atoms with E-state index in [-0.39, 0.29) is 18.0 Å². The number of nitro groups is 1. The van der Waals surface area contributed by atoms with Crippen LogP contribution >= 0.6 is 0 Å². The Morgan fingerprint density at radius 2 is 1.68 bits per heavy atom. The lowest BCUT2D eigenvalue weighted by molar-refractivity contribution is -0.384. The second kappa shape index (κ2) is 10.2. The molecule has 3 aromatic carbocycles. The van der Waals surface area contributed by atoms with Gasteiger partial charge in [0.25, 0.3) is 5.69 Å². The van der Waals surface area contributed by atoms with E-state index < -0.39 is 4.92 Å². The number of nitro benzene ring substituents is 1. The van der Waals surface area contributed by atoms with Gasteiger partial charge in [-0.3, -0.25) is 14.9 Å². The number of aryl methyl sites for hydroxylation is 2. The minimum absolute atomic E-state index is 0.0495. The molecule has 0 fully saturated rings. The number of hydrazone groups is 1. The highest BCUT2D eigenvalue weighted by atomic mass is 16.6. The largest absolute Gasteiger partial charge is 0.489 e. The molecule has 7 heteroatoms. The summed E-state index contributed by atoms with van der Waals surface area (Å²) in [5.41, 5.74) is 7.54. The van der Waals surface area contributed by atoms with Crippen LogP contribution in [0, 0.1) is 24.0 Å². The number of rotatable bonds is 8. The fourth-order valence-corrected chi connectivity index (χ4v) is 2.85. The van der Waals surface area contributed by atoms with Crippen molar-refractivity contribution in [1.82, 2.24) is 5.43 Å². The van der Waals surface area contributed by atoms with Gasteiger partial charge in [-0.2, -0.15) is 5.10 Å². The van der Waals surface area contributed by atoms with Gasteiger partial charge in [-0.15, -0.1) is 0 Å². The number of nitrogens with one attached hydrogen (secondary N) is 1. The van der Waals surface area contributed by atoms with Crippen LogP contribution in [0.3, 0.4) is 0 Å². The second-order valence-corrected chi connectivity index (χ2v) is 7.17. The fourth-order valence-electron chi connectivity index (χ4n) is 2.85. The normalized spacial score (nSPS) is 10.8. The standard InChI is InChI=1S/C24H23N3O4/c1-17-3-4-21(13-18(17)2)14-24(28)26-25-15-19-7-11-23(12-8-19)31-16-20-5-9-22(10-6-20)27(29)30/h3-13,15H,14,16H2,1-2H3,(H,26,28)/b25-15-. The molecule has 0 aliphatic carbocycles. The number of hydrogen-bond acceptors (Lipinski definition) is 5. The maximum absolute atomic E-state index is 12.0. The van der Waals surface area contributed by atoms with Gasteiger partial charge in [0, 0.05) is 12.1 Å². The first kappa shape index (κ1) is 21.7. The first-order chi connectivity index (χ1) is 14.9. The van der Waals surface area contributed by atoms with Crippen LogP contribution < -0.4 is 10.2 Å². The number of carbonyl (C=O) groups is 1. The summed E-state index contributed by atoms with van der Waals surface area (Å²) in [5, 5.41) is 14.7. The van der Waals surface area contributed by atoms with Crippen molar-refractivity contribution in [3.8, 4) is 5.75 Å². The van der Waals surface area contributed by atoms with Crippen LogP contribution in [0.25, 0.3) is 0 Å². The smallest absolute Gasteiger partial charge is 0.269 e. The van der Waals surface area contributed by atoms with Crippen LogP contribution in [-0.2, 0) is 17.8 Å². The second-order valence-electron chi connectivity index (χ2n) is 7.17. The summed E-state index contributed by atoms with van der Waals surface area (Å²) >= 11 is 0. The molecule has 0 atom stereocenters. The molecule has 0 unspecified atom stereocenters. The number of amides is 1. The average molecular weight is 417 g/mol. The van der Waals surface area contributed by atoms with Crippen molar-refractivity contribution in [1.29, 1.82) is 0 Å². The molecule has 0 aliphatic heterocycles. The van der Waals surface area contributed by atoms with E-state index in [0.29, 0.717) is 12.4 Å². The van der Waals surface area contributed by atoms with Gasteiger partial charge in [0.05, 0.1) is 17.6 Å². The summed E-state index contributed by atoms with van der Waals surface area (Å²) in [6.45, 7) is 4.36. The molecule has 0 saturated heterocycles. The number of ether oxygens (including phenoxy) is 1. The minimum atomic E-state index is -0.434. The van der Waals surface area contributed by atoms with Crippen molar-refractivity contribution in [3.63, 3.8) is 0 Å². The molecule has 31 heavy (non-hydrogen) atoms. The summed E-state index contributed by atoms with van der Waals surface area (Å²) in [5.74, 6) is 0.483. The van der Waals surface area contributed by atoms with E-state index in [1.807, 2.05) is 44.2 Å². The first-order valence-electron chi connectivity index (χ1n) is 9.75. The van der Waals surface area contributed by atoms with E-state index in [0.717, 1.165) is 22.3 Å². The highest BCUT2D eigenvalue weighted by Crippen LogP contribution is 2.16. The molecule has 1 N–H and O–H groups in total. The van der Waals surface area contributed by atoms with Gasteiger partial charge in [-0.05, 0) is 78.1 Å². The molecular weight excluding hydrogens is 394 g/mol. The summed E-state index contributed by atoms with van der Waals surface area (Å²) < 4.78 is 5.69. The van der Waals surface area contributed by atoms with Crippen LogP contribution in [-0.4, -0.2) is 17.0 Å². The molecule has 0 aromatic heterocycles. The molecule has 0 bridgehead atoms. The monoisotopic (exact) mass is 417 g/mol. The molecule has 3 rings (SSSR count). The Hall–Kier alpha value is -4.00. The predicted molar refractivity (Wildman–Crippen MR) is 119 cm³/mol.